The van der Waals surface area contributed by atoms with Gasteiger partial charge < -0.3 is 10.2 Å². The smallest absolute Gasteiger partial charge is 0.153 e. The molecule has 0 aromatic carbocycles. The van der Waals surface area contributed by atoms with Gasteiger partial charge in [-0.25, -0.2) is 8.42 Å². The topological polar surface area (TPSA) is 74.6 Å². The quantitative estimate of drug-likeness (QED) is 0.655. The summed E-state index contributed by atoms with van der Waals surface area (Å²) < 4.78 is 23.6. The summed E-state index contributed by atoms with van der Waals surface area (Å²) in [5.41, 5.74) is 0. The Bertz CT molecular complexity index is 318. The van der Waals surface area contributed by atoms with Gasteiger partial charge in [-0.3, -0.25) is 0 Å². The molecule has 0 aliphatic carbocycles. The first-order valence-electron chi connectivity index (χ1n) is 5.72. The number of thioether (sulfide) groups is 1. The van der Waals surface area contributed by atoms with E-state index < -0.39 is 15.9 Å². The van der Waals surface area contributed by atoms with Crippen LogP contribution in [0.4, 0.5) is 0 Å². The minimum Gasteiger partial charge on any atom is -0.396 e. The lowest BCUT2D eigenvalue weighted by Crippen LogP contribution is -2.26. The molecular weight excluding hydrogens is 280 g/mol. The van der Waals surface area contributed by atoms with Gasteiger partial charge in [0.05, 0.1) is 24.2 Å². The SMILES string of the molecule is O=S1(=O)CC(O)CCC(S)CC(SCCO)C1. The van der Waals surface area contributed by atoms with Gasteiger partial charge in [0.15, 0.2) is 9.84 Å². The van der Waals surface area contributed by atoms with Crippen LogP contribution in [0.1, 0.15) is 19.3 Å². The summed E-state index contributed by atoms with van der Waals surface area (Å²) in [6.07, 6.45) is 1.16. The molecule has 1 aliphatic heterocycles. The van der Waals surface area contributed by atoms with Crippen molar-refractivity contribution in [1.29, 1.82) is 0 Å². The third-order valence-corrected chi connectivity index (χ3v) is 6.43. The van der Waals surface area contributed by atoms with Crippen LogP contribution < -0.4 is 0 Å². The molecule has 4 nitrogen and oxygen atoms in total. The number of aliphatic hydroxyl groups is 2. The highest BCUT2D eigenvalue weighted by Gasteiger charge is 2.27. The molecule has 0 aromatic rings. The second kappa shape index (κ2) is 7.23. The third-order valence-electron chi connectivity index (χ3n) is 2.70. The van der Waals surface area contributed by atoms with Gasteiger partial charge in [0.1, 0.15) is 0 Å². The van der Waals surface area contributed by atoms with Gasteiger partial charge in [0.25, 0.3) is 0 Å². The van der Waals surface area contributed by atoms with Crippen molar-refractivity contribution >= 4 is 34.2 Å². The van der Waals surface area contributed by atoms with Gasteiger partial charge in [0, 0.05) is 16.3 Å². The van der Waals surface area contributed by atoms with Crippen molar-refractivity contribution in [2.75, 3.05) is 23.9 Å². The Morgan fingerprint density at radius 1 is 1.29 bits per heavy atom. The predicted octanol–water partition coefficient (Wildman–Crippen LogP) is 0.338. The van der Waals surface area contributed by atoms with Crippen molar-refractivity contribution in [2.45, 2.75) is 35.9 Å². The van der Waals surface area contributed by atoms with E-state index in [0.717, 1.165) is 6.42 Å². The fourth-order valence-corrected chi connectivity index (χ4v) is 5.89. The Kier molecular flexibility index (Phi) is 6.65. The highest BCUT2D eigenvalue weighted by molar-refractivity contribution is 8.01. The monoisotopic (exact) mass is 300 g/mol. The Morgan fingerprint density at radius 3 is 2.65 bits per heavy atom. The van der Waals surface area contributed by atoms with Crippen LogP contribution in [-0.4, -0.2) is 59.1 Å². The maximum absolute atomic E-state index is 11.8. The van der Waals surface area contributed by atoms with Crippen LogP contribution in [0.2, 0.25) is 0 Å². The Balaban J connectivity index is 2.69. The second-order valence-electron chi connectivity index (χ2n) is 4.41. The van der Waals surface area contributed by atoms with E-state index in [-0.39, 0.29) is 28.6 Å². The van der Waals surface area contributed by atoms with Crippen molar-refractivity contribution in [2.24, 2.45) is 0 Å². The molecule has 3 atom stereocenters. The van der Waals surface area contributed by atoms with E-state index in [0.29, 0.717) is 18.6 Å². The zero-order chi connectivity index (χ0) is 12.9. The van der Waals surface area contributed by atoms with Crippen LogP contribution in [0.15, 0.2) is 0 Å². The Labute approximate surface area is 113 Å². The first-order chi connectivity index (χ1) is 7.93. The van der Waals surface area contributed by atoms with E-state index in [2.05, 4.69) is 12.6 Å². The molecule has 0 aromatic heterocycles. The number of hydrogen-bond donors (Lipinski definition) is 3. The number of sulfone groups is 1. The number of rotatable bonds is 3. The van der Waals surface area contributed by atoms with E-state index in [1.807, 2.05) is 0 Å². The van der Waals surface area contributed by atoms with Crippen molar-refractivity contribution in [3.63, 3.8) is 0 Å². The van der Waals surface area contributed by atoms with Crippen molar-refractivity contribution in [3.8, 4) is 0 Å². The van der Waals surface area contributed by atoms with Gasteiger partial charge in [-0.2, -0.15) is 24.4 Å². The van der Waals surface area contributed by atoms with Crippen LogP contribution in [0.25, 0.3) is 0 Å². The van der Waals surface area contributed by atoms with Gasteiger partial charge in [-0.1, -0.05) is 0 Å². The summed E-state index contributed by atoms with van der Waals surface area (Å²) in [6, 6.07) is 0. The normalized spacial score (nSPS) is 34.6. The molecule has 0 saturated carbocycles. The van der Waals surface area contributed by atoms with Crippen molar-refractivity contribution in [3.05, 3.63) is 0 Å². The second-order valence-corrected chi connectivity index (χ2v) is 8.71. The van der Waals surface area contributed by atoms with Crippen LogP contribution in [0, 0.1) is 0 Å². The van der Waals surface area contributed by atoms with E-state index in [1.165, 1.54) is 11.8 Å². The average molecular weight is 300 g/mol. The Morgan fingerprint density at radius 2 is 2.00 bits per heavy atom. The van der Waals surface area contributed by atoms with E-state index in [1.54, 1.807) is 0 Å². The number of thiol groups is 1. The molecule has 1 rings (SSSR count). The Hall–Kier alpha value is 0.570. The highest BCUT2D eigenvalue weighted by atomic mass is 32.2. The first-order valence-corrected chi connectivity index (χ1v) is 9.10. The predicted molar refractivity (Wildman–Crippen MR) is 74.6 cm³/mol. The zero-order valence-electron chi connectivity index (χ0n) is 9.66. The van der Waals surface area contributed by atoms with Crippen LogP contribution in [0.3, 0.4) is 0 Å². The molecule has 1 aliphatic rings. The third kappa shape index (κ3) is 6.33. The molecule has 3 unspecified atom stereocenters. The van der Waals surface area contributed by atoms with E-state index in [4.69, 9.17) is 5.11 Å². The fraction of sp³-hybridized carbons (Fsp3) is 1.00. The highest BCUT2D eigenvalue weighted by Crippen LogP contribution is 2.25. The van der Waals surface area contributed by atoms with Crippen molar-refractivity contribution in [1.82, 2.24) is 0 Å². The lowest BCUT2D eigenvalue weighted by atomic mass is 10.1. The van der Waals surface area contributed by atoms with Gasteiger partial charge in [-0.15, -0.1) is 0 Å². The van der Waals surface area contributed by atoms with Crippen LogP contribution in [-0.2, 0) is 9.84 Å². The summed E-state index contributed by atoms with van der Waals surface area (Å²) in [5, 5.41) is 18.5. The molecule has 1 fully saturated rings. The minimum atomic E-state index is -3.20. The van der Waals surface area contributed by atoms with E-state index in [9.17, 15) is 13.5 Å². The molecule has 0 spiro atoms. The molecule has 0 amide bonds. The summed E-state index contributed by atoms with van der Waals surface area (Å²) in [6.45, 7) is 0.0566. The lowest BCUT2D eigenvalue weighted by molar-refractivity contribution is 0.184. The molecule has 2 N–H and O–H groups in total. The first kappa shape index (κ1) is 15.6. The average Bonchev–Trinajstić information content (AvgIpc) is 2.25. The lowest BCUT2D eigenvalue weighted by Gasteiger charge is -2.18. The summed E-state index contributed by atoms with van der Waals surface area (Å²) in [7, 11) is -3.20. The molecule has 17 heavy (non-hydrogen) atoms. The minimum absolute atomic E-state index is 0.0278. The summed E-state index contributed by atoms with van der Waals surface area (Å²) >= 11 is 5.90. The van der Waals surface area contributed by atoms with E-state index >= 15 is 0 Å². The summed E-state index contributed by atoms with van der Waals surface area (Å²) in [5.74, 6) is 0.471. The van der Waals surface area contributed by atoms with Gasteiger partial charge in [0.2, 0.25) is 0 Å². The zero-order valence-corrected chi connectivity index (χ0v) is 12.2. The van der Waals surface area contributed by atoms with Crippen LogP contribution in [0.5, 0.6) is 0 Å². The summed E-state index contributed by atoms with van der Waals surface area (Å²) in [4.78, 5) is 0. The number of hydrogen-bond acceptors (Lipinski definition) is 6. The molecule has 0 bridgehead atoms. The maximum atomic E-state index is 11.8. The molecule has 7 heteroatoms. The maximum Gasteiger partial charge on any atom is 0.153 e. The fourth-order valence-electron chi connectivity index (χ4n) is 1.94. The molecular formula is C10H20O4S3. The van der Waals surface area contributed by atoms with Gasteiger partial charge >= 0.3 is 0 Å². The standard InChI is InChI=1S/C10H20O4S3/c11-3-4-16-10-5-9(15)2-1-8(12)6-17(13,14)7-10/h8-12,15H,1-7H2. The molecule has 102 valence electrons. The molecule has 1 heterocycles. The largest absolute Gasteiger partial charge is 0.396 e. The molecule has 0 radical (unpaired) electrons. The van der Waals surface area contributed by atoms with Gasteiger partial charge in [-0.05, 0) is 19.3 Å². The van der Waals surface area contributed by atoms with Crippen molar-refractivity contribution < 1.29 is 18.6 Å². The van der Waals surface area contributed by atoms with Crippen LogP contribution >= 0.6 is 24.4 Å². The number of aliphatic hydroxyl groups excluding tert-OH is 2. The molecule has 1 saturated heterocycles.